The fourth-order valence-corrected chi connectivity index (χ4v) is 0.678. The van der Waals surface area contributed by atoms with E-state index >= 15 is 0 Å². The summed E-state index contributed by atoms with van der Waals surface area (Å²) in [5.74, 6) is -10.3. The maximum atomic E-state index is 12.6. The van der Waals surface area contributed by atoms with E-state index in [2.05, 4.69) is 0 Å². The molecule has 0 aliphatic heterocycles. The number of hydrogen-bond acceptors (Lipinski definition) is 3. The Hall–Kier alpha value is -0.470. The molecule has 86 valence electrons. The summed E-state index contributed by atoms with van der Waals surface area (Å²) in [6.45, 7) is 0.977. The van der Waals surface area contributed by atoms with Crippen LogP contribution in [0.4, 0.5) is 22.0 Å². The van der Waals surface area contributed by atoms with E-state index < -0.39 is 30.4 Å². The van der Waals surface area contributed by atoms with Gasteiger partial charge in [-0.2, -0.15) is 22.0 Å². The molecule has 0 radical (unpaired) electrons. The minimum Gasteiger partial charge on any atom is -0.387 e. The molecule has 3 N–H and O–H groups in total. The van der Waals surface area contributed by atoms with Crippen LogP contribution >= 0.6 is 0 Å². The van der Waals surface area contributed by atoms with E-state index in [1.165, 1.54) is 0 Å². The van der Waals surface area contributed by atoms with Crippen molar-refractivity contribution in [2.45, 2.75) is 37.3 Å². The third kappa shape index (κ3) is 1.96. The molecule has 0 saturated heterocycles. The monoisotopic (exact) mass is 224 g/mol. The molecule has 0 heterocycles. The molecule has 0 amide bonds. The molecule has 0 bridgehead atoms. The van der Waals surface area contributed by atoms with E-state index in [9.17, 15) is 22.0 Å². The third-order valence-corrected chi connectivity index (χ3v) is 1.67. The summed E-state index contributed by atoms with van der Waals surface area (Å²) in [4.78, 5) is 0. The van der Waals surface area contributed by atoms with Crippen LogP contribution in [0.1, 0.15) is 13.3 Å². The van der Waals surface area contributed by atoms with E-state index in [0.717, 1.165) is 6.92 Å². The molecular formula is C6H9F5O3. The highest BCUT2D eigenvalue weighted by molar-refractivity contribution is 4.94. The van der Waals surface area contributed by atoms with Crippen molar-refractivity contribution in [2.24, 2.45) is 0 Å². The lowest BCUT2D eigenvalue weighted by molar-refractivity contribution is -0.428. The molecule has 1 atom stereocenters. The number of halogens is 5. The zero-order valence-electron chi connectivity index (χ0n) is 7.02. The summed E-state index contributed by atoms with van der Waals surface area (Å²) in [6, 6.07) is 0. The minimum atomic E-state index is -5.94. The summed E-state index contributed by atoms with van der Waals surface area (Å²) in [5.41, 5.74) is 0. The Labute approximate surface area is 75.8 Å². The first-order valence-electron chi connectivity index (χ1n) is 3.55. The Bertz CT molecular complexity index is 200. The fourth-order valence-electron chi connectivity index (χ4n) is 0.678. The van der Waals surface area contributed by atoms with Gasteiger partial charge in [0.2, 0.25) is 0 Å². The Morgan fingerprint density at radius 1 is 1.07 bits per heavy atom. The van der Waals surface area contributed by atoms with E-state index in [-0.39, 0.29) is 0 Å². The molecule has 0 fully saturated rings. The molecule has 0 aromatic carbocycles. The van der Waals surface area contributed by atoms with E-state index in [4.69, 9.17) is 15.3 Å². The predicted molar refractivity (Wildman–Crippen MR) is 34.5 cm³/mol. The molecule has 8 heteroatoms. The van der Waals surface area contributed by atoms with Crippen molar-refractivity contribution in [3.63, 3.8) is 0 Å². The lowest BCUT2D eigenvalue weighted by atomic mass is 10.0. The summed E-state index contributed by atoms with van der Waals surface area (Å²) >= 11 is 0. The van der Waals surface area contributed by atoms with Crippen LogP contribution in [0.2, 0.25) is 0 Å². The third-order valence-electron chi connectivity index (χ3n) is 1.67. The van der Waals surface area contributed by atoms with Crippen molar-refractivity contribution >= 4 is 0 Å². The first kappa shape index (κ1) is 13.5. The van der Waals surface area contributed by atoms with Gasteiger partial charge in [-0.05, 0) is 6.42 Å². The fraction of sp³-hybridized carbons (Fsp3) is 1.00. The molecule has 0 aromatic rings. The second-order valence-electron chi connectivity index (χ2n) is 2.72. The number of aliphatic hydroxyl groups excluding tert-OH is 1. The van der Waals surface area contributed by atoms with Gasteiger partial charge in [0.25, 0.3) is 0 Å². The highest BCUT2D eigenvalue weighted by Gasteiger charge is 2.71. The van der Waals surface area contributed by atoms with Crippen molar-refractivity contribution in [2.75, 3.05) is 0 Å². The molecule has 0 aliphatic carbocycles. The Morgan fingerprint density at radius 3 is 1.64 bits per heavy atom. The van der Waals surface area contributed by atoms with Gasteiger partial charge >= 0.3 is 17.9 Å². The SMILES string of the molecule is CC[C@@H](O)C(F)(F)C(O)(O)C(F)(F)F. The Kier molecular flexibility index (Phi) is 3.47. The number of hydrogen-bond donors (Lipinski definition) is 3. The van der Waals surface area contributed by atoms with Crippen LogP contribution in [-0.2, 0) is 0 Å². The highest BCUT2D eigenvalue weighted by atomic mass is 19.4. The first-order chi connectivity index (χ1) is 5.98. The Morgan fingerprint density at radius 2 is 1.43 bits per heavy atom. The van der Waals surface area contributed by atoms with Gasteiger partial charge in [-0.1, -0.05) is 6.92 Å². The van der Waals surface area contributed by atoms with Crippen molar-refractivity contribution < 1.29 is 37.3 Å². The Balaban J connectivity index is 5.07. The van der Waals surface area contributed by atoms with Gasteiger partial charge in [0.1, 0.15) is 6.10 Å². The van der Waals surface area contributed by atoms with Gasteiger partial charge in [0, 0.05) is 0 Å². The zero-order chi connectivity index (χ0) is 11.8. The summed E-state index contributed by atoms with van der Waals surface area (Å²) < 4.78 is 60.4. The second-order valence-corrected chi connectivity index (χ2v) is 2.72. The molecule has 0 rings (SSSR count). The summed E-state index contributed by atoms with van der Waals surface area (Å²) in [7, 11) is 0. The van der Waals surface area contributed by atoms with Gasteiger partial charge in [-0.15, -0.1) is 0 Å². The van der Waals surface area contributed by atoms with Crippen molar-refractivity contribution in [3.05, 3.63) is 0 Å². The van der Waals surface area contributed by atoms with Crippen LogP contribution in [0.5, 0.6) is 0 Å². The number of alkyl halides is 5. The first-order valence-corrected chi connectivity index (χ1v) is 3.55. The van der Waals surface area contributed by atoms with Crippen LogP contribution in [0.25, 0.3) is 0 Å². The molecule has 14 heavy (non-hydrogen) atoms. The number of rotatable bonds is 3. The molecule has 0 aromatic heterocycles. The molecule has 0 unspecified atom stereocenters. The second kappa shape index (κ2) is 3.59. The largest absolute Gasteiger partial charge is 0.449 e. The average molecular weight is 224 g/mol. The standard InChI is InChI=1S/C6H9F5O3/c1-2-3(12)4(7,8)5(13,14)6(9,10)11/h3,12-14H,2H2,1H3/t3-/m1/s1. The highest BCUT2D eigenvalue weighted by Crippen LogP contribution is 2.42. The van der Waals surface area contributed by atoms with Crippen LogP contribution in [-0.4, -0.2) is 39.3 Å². The summed E-state index contributed by atoms with van der Waals surface area (Å²) in [5, 5.41) is 24.9. The van der Waals surface area contributed by atoms with Crippen LogP contribution in [0.15, 0.2) is 0 Å². The van der Waals surface area contributed by atoms with Gasteiger partial charge in [0.15, 0.2) is 0 Å². The summed E-state index contributed by atoms with van der Waals surface area (Å²) in [6.07, 6.45) is -9.46. The normalized spacial score (nSPS) is 16.9. The van der Waals surface area contributed by atoms with E-state index in [1.54, 1.807) is 0 Å². The van der Waals surface area contributed by atoms with Crippen molar-refractivity contribution in [3.8, 4) is 0 Å². The van der Waals surface area contributed by atoms with Gasteiger partial charge in [-0.25, -0.2) is 0 Å². The minimum absolute atomic E-state index is 0.744. The topological polar surface area (TPSA) is 60.7 Å². The smallest absolute Gasteiger partial charge is 0.387 e. The van der Waals surface area contributed by atoms with Gasteiger partial charge in [0.05, 0.1) is 0 Å². The predicted octanol–water partition coefficient (Wildman–Crippen LogP) is 0.636. The maximum absolute atomic E-state index is 12.6. The van der Waals surface area contributed by atoms with Gasteiger partial charge < -0.3 is 15.3 Å². The molecular weight excluding hydrogens is 215 g/mol. The van der Waals surface area contributed by atoms with Crippen LogP contribution in [0, 0.1) is 0 Å². The lowest BCUT2D eigenvalue weighted by Crippen LogP contribution is -2.63. The zero-order valence-corrected chi connectivity index (χ0v) is 7.02. The quantitative estimate of drug-likeness (QED) is 0.487. The lowest BCUT2D eigenvalue weighted by Gasteiger charge is -2.34. The maximum Gasteiger partial charge on any atom is 0.449 e. The molecule has 0 saturated carbocycles. The number of aliphatic hydroxyl groups is 3. The van der Waals surface area contributed by atoms with Crippen LogP contribution < -0.4 is 0 Å². The van der Waals surface area contributed by atoms with Gasteiger partial charge in [-0.3, -0.25) is 0 Å². The van der Waals surface area contributed by atoms with Crippen molar-refractivity contribution in [1.29, 1.82) is 0 Å². The average Bonchev–Trinajstić information content (AvgIpc) is 2.00. The molecule has 3 nitrogen and oxygen atoms in total. The van der Waals surface area contributed by atoms with Crippen molar-refractivity contribution in [1.82, 2.24) is 0 Å². The van der Waals surface area contributed by atoms with E-state index in [0.29, 0.717) is 0 Å². The molecule has 0 spiro atoms. The van der Waals surface area contributed by atoms with Crippen LogP contribution in [0.3, 0.4) is 0 Å². The van der Waals surface area contributed by atoms with E-state index in [1.807, 2.05) is 0 Å². The molecule has 0 aliphatic rings.